The van der Waals surface area contributed by atoms with E-state index in [0.717, 1.165) is 23.8 Å². The number of furan rings is 1. The monoisotopic (exact) mass is 381 g/mol. The van der Waals surface area contributed by atoms with Crippen LogP contribution in [-0.2, 0) is 6.54 Å². The first-order valence-electron chi connectivity index (χ1n) is 8.20. The average molecular weight is 381 g/mol. The van der Waals surface area contributed by atoms with Crippen molar-refractivity contribution in [3.05, 3.63) is 98.0 Å². The lowest BCUT2D eigenvalue weighted by Crippen LogP contribution is -2.30. The van der Waals surface area contributed by atoms with Crippen molar-refractivity contribution in [2.75, 3.05) is 4.90 Å². The molecule has 1 amide bonds. The van der Waals surface area contributed by atoms with Gasteiger partial charge in [-0.15, -0.1) is 0 Å². The van der Waals surface area contributed by atoms with Crippen molar-refractivity contribution < 1.29 is 19.1 Å². The third-order valence-electron chi connectivity index (χ3n) is 4.10. The Kier molecular flexibility index (Phi) is 5.16. The SMILES string of the molecule is Cc1ccc(N(Cc2ccco2)C(=O)c2ccc([N+](=O)[O-])cc2[N+](=O)[O-])cc1. The summed E-state index contributed by atoms with van der Waals surface area (Å²) in [6.07, 6.45) is 1.46. The first-order valence-corrected chi connectivity index (χ1v) is 8.20. The zero-order chi connectivity index (χ0) is 20.3. The summed E-state index contributed by atoms with van der Waals surface area (Å²) >= 11 is 0. The fraction of sp³-hybridized carbons (Fsp3) is 0.105. The number of nitro benzene ring substituents is 2. The third-order valence-corrected chi connectivity index (χ3v) is 4.10. The number of nitrogens with zero attached hydrogens (tertiary/aromatic N) is 3. The van der Waals surface area contributed by atoms with E-state index in [-0.39, 0.29) is 12.1 Å². The van der Waals surface area contributed by atoms with Crippen molar-refractivity contribution in [2.24, 2.45) is 0 Å². The van der Waals surface area contributed by atoms with E-state index < -0.39 is 27.1 Å². The lowest BCUT2D eigenvalue weighted by atomic mass is 10.1. The van der Waals surface area contributed by atoms with Crippen LogP contribution in [0.1, 0.15) is 21.7 Å². The maximum absolute atomic E-state index is 13.2. The maximum atomic E-state index is 13.2. The van der Waals surface area contributed by atoms with E-state index in [2.05, 4.69) is 0 Å². The molecule has 3 aromatic rings. The highest BCUT2D eigenvalue weighted by Crippen LogP contribution is 2.28. The minimum atomic E-state index is -0.805. The zero-order valence-electron chi connectivity index (χ0n) is 14.8. The molecule has 1 aromatic heterocycles. The molecule has 0 saturated heterocycles. The largest absolute Gasteiger partial charge is 0.467 e. The standard InChI is InChI=1S/C19H15N3O6/c1-13-4-6-14(7-5-13)20(12-16-3-2-10-28-16)19(23)17-9-8-15(21(24)25)11-18(17)22(26)27/h2-11H,12H2,1H3. The molecular formula is C19H15N3O6. The number of amides is 1. The zero-order valence-corrected chi connectivity index (χ0v) is 14.8. The van der Waals surface area contributed by atoms with Crippen LogP contribution >= 0.6 is 0 Å². The molecule has 142 valence electrons. The van der Waals surface area contributed by atoms with Gasteiger partial charge in [0.2, 0.25) is 0 Å². The van der Waals surface area contributed by atoms with Gasteiger partial charge in [-0.25, -0.2) is 0 Å². The number of anilines is 1. The smallest absolute Gasteiger partial charge is 0.289 e. The van der Waals surface area contributed by atoms with E-state index in [0.29, 0.717) is 11.4 Å². The van der Waals surface area contributed by atoms with Gasteiger partial charge in [0, 0.05) is 11.8 Å². The van der Waals surface area contributed by atoms with E-state index in [1.54, 1.807) is 24.3 Å². The number of aryl methyl sites for hydroxylation is 1. The number of hydrogen-bond acceptors (Lipinski definition) is 6. The summed E-state index contributed by atoms with van der Waals surface area (Å²) in [5.41, 5.74) is 0.157. The normalized spacial score (nSPS) is 10.5. The summed E-state index contributed by atoms with van der Waals surface area (Å²) in [7, 11) is 0. The molecular weight excluding hydrogens is 366 g/mol. The minimum Gasteiger partial charge on any atom is -0.467 e. The molecule has 0 aliphatic heterocycles. The minimum absolute atomic E-state index is 0.0447. The van der Waals surface area contributed by atoms with Crippen LogP contribution in [0.2, 0.25) is 0 Å². The fourth-order valence-electron chi connectivity index (χ4n) is 2.67. The summed E-state index contributed by atoms with van der Waals surface area (Å²) in [6, 6.07) is 13.3. The van der Waals surface area contributed by atoms with Crippen molar-refractivity contribution in [1.82, 2.24) is 0 Å². The quantitative estimate of drug-likeness (QED) is 0.465. The third kappa shape index (κ3) is 3.88. The topological polar surface area (TPSA) is 120 Å². The van der Waals surface area contributed by atoms with Gasteiger partial charge in [0.1, 0.15) is 11.3 Å². The molecule has 1 heterocycles. The van der Waals surface area contributed by atoms with Crippen LogP contribution in [0.25, 0.3) is 0 Å². The lowest BCUT2D eigenvalue weighted by molar-refractivity contribution is -0.394. The number of rotatable bonds is 6. The molecule has 9 heteroatoms. The molecule has 0 radical (unpaired) electrons. The number of carbonyl (C=O) groups is 1. The first-order chi connectivity index (χ1) is 13.4. The lowest BCUT2D eigenvalue weighted by Gasteiger charge is -2.22. The molecule has 3 rings (SSSR count). The Labute approximate surface area is 159 Å². The van der Waals surface area contributed by atoms with Crippen molar-refractivity contribution in [3.8, 4) is 0 Å². The number of carbonyl (C=O) groups excluding carboxylic acids is 1. The summed E-state index contributed by atoms with van der Waals surface area (Å²) in [4.78, 5) is 35.3. The Bertz CT molecular complexity index is 1030. The van der Waals surface area contributed by atoms with Gasteiger partial charge >= 0.3 is 0 Å². The number of non-ortho nitro benzene ring substituents is 1. The molecule has 0 saturated carbocycles. The molecule has 0 fully saturated rings. The first kappa shape index (κ1) is 18.8. The average Bonchev–Trinajstić information content (AvgIpc) is 3.19. The highest BCUT2D eigenvalue weighted by molar-refractivity contribution is 6.08. The summed E-state index contributed by atoms with van der Waals surface area (Å²) in [6.45, 7) is 1.94. The molecule has 0 spiro atoms. The van der Waals surface area contributed by atoms with Crippen molar-refractivity contribution in [2.45, 2.75) is 13.5 Å². The van der Waals surface area contributed by atoms with E-state index in [1.807, 2.05) is 19.1 Å². The van der Waals surface area contributed by atoms with Gasteiger partial charge < -0.3 is 9.32 Å². The molecule has 9 nitrogen and oxygen atoms in total. The molecule has 0 aliphatic carbocycles. The summed E-state index contributed by atoms with van der Waals surface area (Å²) < 4.78 is 5.31. The highest BCUT2D eigenvalue weighted by Gasteiger charge is 2.28. The van der Waals surface area contributed by atoms with Crippen molar-refractivity contribution in [3.63, 3.8) is 0 Å². The Balaban J connectivity index is 2.07. The number of hydrogen-bond donors (Lipinski definition) is 0. The molecule has 28 heavy (non-hydrogen) atoms. The predicted octanol–water partition coefficient (Wildman–Crippen LogP) is 4.25. The number of nitro groups is 2. The van der Waals surface area contributed by atoms with Gasteiger partial charge in [0.15, 0.2) is 0 Å². The van der Waals surface area contributed by atoms with Crippen LogP contribution in [-0.4, -0.2) is 15.8 Å². The summed E-state index contributed by atoms with van der Waals surface area (Å²) in [5, 5.41) is 22.3. The molecule has 0 bridgehead atoms. The molecule has 0 atom stereocenters. The van der Waals surface area contributed by atoms with Gasteiger partial charge in [-0.3, -0.25) is 25.0 Å². The van der Waals surface area contributed by atoms with E-state index >= 15 is 0 Å². The van der Waals surface area contributed by atoms with Gasteiger partial charge in [-0.05, 0) is 37.3 Å². The Morgan fingerprint density at radius 2 is 1.75 bits per heavy atom. The van der Waals surface area contributed by atoms with Crippen LogP contribution in [0.15, 0.2) is 65.3 Å². The Hall–Kier alpha value is -4.01. The number of benzene rings is 2. The second-order valence-corrected chi connectivity index (χ2v) is 6.02. The van der Waals surface area contributed by atoms with Crippen LogP contribution in [0.4, 0.5) is 17.1 Å². The van der Waals surface area contributed by atoms with E-state index in [9.17, 15) is 25.0 Å². The van der Waals surface area contributed by atoms with E-state index in [4.69, 9.17) is 4.42 Å². The summed E-state index contributed by atoms with van der Waals surface area (Å²) in [5.74, 6) is -0.180. The van der Waals surface area contributed by atoms with E-state index in [1.165, 1.54) is 11.2 Å². The van der Waals surface area contributed by atoms with Crippen molar-refractivity contribution >= 4 is 23.0 Å². The van der Waals surface area contributed by atoms with Crippen LogP contribution in [0, 0.1) is 27.2 Å². The highest BCUT2D eigenvalue weighted by atomic mass is 16.6. The molecule has 0 N–H and O–H groups in total. The van der Waals surface area contributed by atoms with Crippen LogP contribution in [0.3, 0.4) is 0 Å². The molecule has 2 aromatic carbocycles. The second kappa shape index (κ2) is 7.70. The van der Waals surface area contributed by atoms with Crippen LogP contribution in [0.5, 0.6) is 0 Å². The van der Waals surface area contributed by atoms with Crippen molar-refractivity contribution in [1.29, 1.82) is 0 Å². The predicted molar refractivity (Wildman–Crippen MR) is 100 cm³/mol. The van der Waals surface area contributed by atoms with Gasteiger partial charge in [0.05, 0.1) is 28.7 Å². The molecule has 0 aliphatic rings. The van der Waals surface area contributed by atoms with Gasteiger partial charge in [0.25, 0.3) is 17.3 Å². The Morgan fingerprint density at radius 3 is 2.32 bits per heavy atom. The van der Waals surface area contributed by atoms with Gasteiger partial charge in [-0.1, -0.05) is 17.7 Å². The second-order valence-electron chi connectivity index (χ2n) is 6.02. The Morgan fingerprint density at radius 1 is 1.04 bits per heavy atom. The van der Waals surface area contributed by atoms with Gasteiger partial charge in [-0.2, -0.15) is 0 Å². The maximum Gasteiger partial charge on any atom is 0.289 e. The van der Waals surface area contributed by atoms with Crippen LogP contribution < -0.4 is 4.90 Å². The fourth-order valence-corrected chi connectivity index (χ4v) is 2.67. The molecule has 0 unspecified atom stereocenters.